The molecule has 0 spiro atoms. The van der Waals surface area contributed by atoms with Crippen LogP contribution in [0.4, 0.5) is 5.82 Å². The van der Waals surface area contributed by atoms with Crippen LogP contribution in [0.3, 0.4) is 0 Å². The largest absolute Gasteiger partial charge is 0.467 e. The summed E-state index contributed by atoms with van der Waals surface area (Å²) in [6.45, 7) is 0.602. The van der Waals surface area contributed by atoms with E-state index in [1.807, 2.05) is 12.1 Å². The number of hydrogen-bond donors (Lipinski definition) is 1. The molecule has 0 aromatic carbocycles. The number of rotatable bonds is 4. The Morgan fingerprint density at radius 1 is 1.25 bits per heavy atom. The lowest BCUT2D eigenvalue weighted by Crippen LogP contribution is -2.11. The summed E-state index contributed by atoms with van der Waals surface area (Å²) in [5.74, 6) is 2.96. The van der Waals surface area contributed by atoms with Gasteiger partial charge in [-0.25, -0.2) is 9.97 Å². The first-order valence-electron chi connectivity index (χ1n) is 7.12. The van der Waals surface area contributed by atoms with E-state index < -0.39 is 0 Å². The Balaban J connectivity index is 1.72. The smallest absolute Gasteiger partial charge is 0.135 e. The van der Waals surface area contributed by atoms with E-state index in [0.29, 0.717) is 17.6 Å². The topological polar surface area (TPSA) is 51.0 Å². The van der Waals surface area contributed by atoms with Crippen LogP contribution >= 0.6 is 11.6 Å². The quantitative estimate of drug-likeness (QED) is 0.849. The minimum absolute atomic E-state index is 0.451. The molecule has 2 aromatic heterocycles. The lowest BCUT2D eigenvalue weighted by molar-refractivity contribution is 0.429. The molecule has 0 radical (unpaired) electrons. The molecule has 1 aliphatic carbocycles. The fraction of sp³-hybridized carbons (Fsp3) is 0.467. The molecule has 0 bridgehead atoms. The number of hydrogen-bond acceptors (Lipinski definition) is 4. The number of nitrogens with zero attached hydrogens (tertiary/aromatic N) is 2. The van der Waals surface area contributed by atoms with Crippen LogP contribution in [0.25, 0.3) is 0 Å². The summed E-state index contributed by atoms with van der Waals surface area (Å²) in [5.41, 5.74) is 0. The molecule has 1 saturated carbocycles. The van der Waals surface area contributed by atoms with Gasteiger partial charge in [0, 0.05) is 12.0 Å². The highest BCUT2D eigenvalue weighted by Gasteiger charge is 2.19. The van der Waals surface area contributed by atoms with Gasteiger partial charge in [0.1, 0.15) is 22.6 Å². The highest BCUT2D eigenvalue weighted by molar-refractivity contribution is 6.29. The SMILES string of the molecule is Clc1cc(NCc2ccco2)nc(C2CCCCC2)n1. The first-order valence-corrected chi connectivity index (χ1v) is 7.50. The minimum Gasteiger partial charge on any atom is -0.467 e. The van der Waals surface area contributed by atoms with Gasteiger partial charge in [-0.2, -0.15) is 0 Å². The van der Waals surface area contributed by atoms with Crippen molar-refractivity contribution in [2.75, 3.05) is 5.32 Å². The summed E-state index contributed by atoms with van der Waals surface area (Å²) in [6, 6.07) is 5.56. The molecule has 2 aromatic rings. The Bertz CT molecular complexity index is 550. The van der Waals surface area contributed by atoms with Gasteiger partial charge in [0.15, 0.2) is 0 Å². The number of anilines is 1. The van der Waals surface area contributed by atoms with Crippen molar-refractivity contribution in [2.45, 2.75) is 44.6 Å². The number of aromatic nitrogens is 2. The van der Waals surface area contributed by atoms with Gasteiger partial charge in [-0.1, -0.05) is 30.9 Å². The lowest BCUT2D eigenvalue weighted by Gasteiger charge is -2.20. The van der Waals surface area contributed by atoms with E-state index in [1.54, 1.807) is 12.3 Å². The maximum absolute atomic E-state index is 6.12. The van der Waals surface area contributed by atoms with E-state index in [1.165, 1.54) is 19.3 Å². The van der Waals surface area contributed by atoms with E-state index in [2.05, 4.69) is 15.3 Å². The molecule has 20 heavy (non-hydrogen) atoms. The lowest BCUT2D eigenvalue weighted by atomic mass is 9.89. The molecule has 5 heteroatoms. The molecule has 0 atom stereocenters. The Morgan fingerprint density at radius 3 is 2.85 bits per heavy atom. The molecule has 0 unspecified atom stereocenters. The van der Waals surface area contributed by atoms with Crippen molar-refractivity contribution in [1.29, 1.82) is 0 Å². The van der Waals surface area contributed by atoms with Gasteiger partial charge in [0.05, 0.1) is 12.8 Å². The van der Waals surface area contributed by atoms with E-state index in [9.17, 15) is 0 Å². The maximum atomic E-state index is 6.12. The second-order valence-corrected chi connectivity index (χ2v) is 5.59. The van der Waals surface area contributed by atoms with Crippen LogP contribution in [0, 0.1) is 0 Å². The molecule has 0 saturated heterocycles. The summed E-state index contributed by atoms with van der Waals surface area (Å²) in [5, 5.41) is 3.74. The first-order chi connectivity index (χ1) is 9.81. The second-order valence-electron chi connectivity index (χ2n) is 5.20. The summed E-state index contributed by atoms with van der Waals surface area (Å²) >= 11 is 6.12. The van der Waals surface area contributed by atoms with Gasteiger partial charge in [0.2, 0.25) is 0 Å². The van der Waals surface area contributed by atoms with Gasteiger partial charge < -0.3 is 9.73 Å². The van der Waals surface area contributed by atoms with Crippen LogP contribution in [0.2, 0.25) is 5.15 Å². The number of halogens is 1. The van der Waals surface area contributed by atoms with Crippen molar-refractivity contribution in [1.82, 2.24) is 9.97 Å². The van der Waals surface area contributed by atoms with Crippen LogP contribution < -0.4 is 5.32 Å². The monoisotopic (exact) mass is 291 g/mol. The van der Waals surface area contributed by atoms with Crippen LogP contribution in [0.15, 0.2) is 28.9 Å². The van der Waals surface area contributed by atoms with Crippen molar-refractivity contribution in [3.8, 4) is 0 Å². The van der Waals surface area contributed by atoms with Crippen LogP contribution in [-0.2, 0) is 6.54 Å². The van der Waals surface area contributed by atoms with E-state index in [-0.39, 0.29) is 0 Å². The number of nitrogens with one attached hydrogen (secondary N) is 1. The van der Waals surface area contributed by atoms with Crippen molar-refractivity contribution >= 4 is 17.4 Å². The van der Waals surface area contributed by atoms with E-state index in [0.717, 1.165) is 30.2 Å². The van der Waals surface area contributed by atoms with Crippen LogP contribution in [0.5, 0.6) is 0 Å². The van der Waals surface area contributed by atoms with Gasteiger partial charge >= 0.3 is 0 Å². The summed E-state index contributed by atoms with van der Waals surface area (Å²) < 4.78 is 5.29. The molecular weight excluding hydrogens is 274 g/mol. The second kappa shape index (κ2) is 6.27. The third-order valence-corrected chi connectivity index (χ3v) is 3.90. The summed E-state index contributed by atoms with van der Waals surface area (Å²) in [6.07, 6.45) is 7.83. The molecule has 0 aliphatic heterocycles. The van der Waals surface area contributed by atoms with Crippen LogP contribution in [0.1, 0.15) is 49.6 Å². The normalized spacial score (nSPS) is 16.2. The number of furan rings is 1. The van der Waals surface area contributed by atoms with Gasteiger partial charge in [-0.15, -0.1) is 0 Å². The fourth-order valence-corrected chi connectivity index (χ4v) is 2.85. The van der Waals surface area contributed by atoms with Crippen LogP contribution in [-0.4, -0.2) is 9.97 Å². The molecule has 2 heterocycles. The van der Waals surface area contributed by atoms with Crippen molar-refractivity contribution in [3.05, 3.63) is 41.2 Å². The summed E-state index contributed by atoms with van der Waals surface area (Å²) in [4.78, 5) is 9.00. The van der Waals surface area contributed by atoms with Crippen molar-refractivity contribution in [2.24, 2.45) is 0 Å². The first kappa shape index (κ1) is 13.4. The zero-order valence-electron chi connectivity index (χ0n) is 11.3. The third-order valence-electron chi connectivity index (χ3n) is 3.71. The maximum Gasteiger partial charge on any atom is 0.135 e. The molecule has 1 N–H and O–H groups in total. The van der Waals surface area contributed by atoms with Gasteiger partial charge in [0.25, 0.3) is 0 Å². The van der Waals surface area contributed by atoms with E-state index in [4.69, 9.17) is 16.0 Å². The average molecular weight is 292 g/mol. The summed E-state index contributed by atoms with van der Waals surface area (Å²) in [7, 11) is 0. The standard InChI is InChI=1S/C15H18ClN3O/c16-13-9-14(17-10-12-7-4-8-20-12)19-15(18-13)11-5-2-1-3-6-11/h4,7-9,11H,1-3,5-6,10H2,(H,17,18,19). The zero-order valence-corrected chi connectivity index (χ0v) is 12.1. The Morgan fingerprint density at radius 2 is 2.10 bits per heavy atom. The molecular formula is C15H18ClN3O. The average Bonchev–Trinajstić information content (AvgIpc) is 2.99. The third kappa shape index (κ3) is 3.31. The van der Waals surface area contributed by atoms with Gasteiger partial charge in [-0.3, -0.25) is 0 Å². The Kier molecular flexibility index (Phi) is 4.21. The molecule has 106 valence electrons. The molecule has 0 amide bonds. The van der Waals surface area contributed by atoms with E-state index >= 15 is 0 Å². The molecule has 3 rings (SSSR count). The molecule has 1 fully saturated rings. The Hall–Kier alpha value is -1.55. The molecule has 1 aliphatic rings. The highest BCUT2D eigenvalue weighted by Crippen LogP contribution is 2.31. The zero-order chi connectivity index (χ0) is 13.8. The predicted molar refractivity (Wildman–Crippen MR) is 78.9 cm³/mol. The minimum atomic E-state index is 0.451. The van der Waals surface area contributed by atoms with Crippen molar-refractivity contribution in [3.63, 3.8) is 0 Å². The van der Waals surface area contributed by atoms with Gasteiger partial charge in [-0.05, 0) is 25.0 Å². The van der Waals surface area contributed by atoms with Crippen molar-refractivity contribution < 1.29 is 4.42 Å². The molecule has 4 nitrogen and oxygen atoms in total. The predicted octanol–water partition coefficient (Wildman–Crippen LogP) is 4.38. The highest BCUT2D eigenvalue weighted by atomic mass is 35.5. The fourth-order valence-electron chi connectivity index (χ4n) is 2.66. The Labute approximate surface area is 123 Å².